The maximum Gasteiger partial charge on any atom is 0.512 e. The third-order valence-corrected chi connectivity index (χ3v) is 7.40. The number of H-pyrrole nitrogens is 1. The lowest BCUT2D eigenvalue weighted by Gasteiger charge is -2.35. The van der Waals surface area contributed by atoms with Crippen molar-refractivity contribution in [3.8, 4) is 11.6 Å². The van der Waals surface area contributed by atoms with Crippen LogP contribution < -0.4 is 9.47 Å². The summed E-state index contributed by atoms with van der Waals surface area (Å²) >= 11 is 0. The van der Waals surface area contributed by atoms with Crippen LogP contribution in [-0.2, 0) is 6.42 Å². The second-order valence-electron chi connectivity index (χ2n) is 10.4. The van der Waals surface area contributed by atoms with Crippen molar-refractivity contribution in [2.45, 2.75) is 52.9 Å². The molecule has 1 heterocycles. The zero-order valence-electron chi connectivity index (χ0n) is 21.2. The second kappa shape index (κ2) is 9.73. The van der Waals surface area contributed by atoms with Crippen molar-refractivity contribution in [2.24, 2.45) is 5.41 Å². The number of allylic oxidation sites excluding steroid dienone is 2. The first-order valence-corrected chi connectivity index (χ1v) is 12.7. The van der Waals surface area contributed by atoms with Gasteiger partial charge in [0, 0.05) is 21.9 Å². The van der Waals surface area contributed by atoms with E-state index < -0.39 is 6.16 Å². The van der Waals surface area contributed by atoms with Gasteiger partial charge in [-0.25, -0.2) is 4.79 Å². The molecule has 0 radical (unpaired) electrons. The fourth-order valence-electron chi connectivity index (χ4n) is 5.85. The van der Waals surface area contributed by atoms with Crippen LogP contribution in [0, 0.1) is 5.41 Å². The lowest BCUT2D eigenvalue weighted by atomic mass is 9.70. The first-order chi connectivity index (χ1) is 17.3. The van der Waals surface area contributed by atoms with Gasteiger partial charge in [-0.3, -0.25) is 0 Å². The Hall–Kier alpha value is -3.73. The molecule has 0 bridgehead atoms. The van der Waals surface area contributed by atoms with Gasteiger partial charge in [-0.2, -0.15) is 0 Å². The van der Waals surface area contributed by atoms with Crippen molar-refractivity contribution in [2.75, 3.05) is 6.61 Å². The predicted molar refractivity (Wildman–Crippen MR) is 145 cm³/mol. The molecule has 2 N–H and O–H groups in total. The zero-order chi connectivity index (χ0) is 25.3. The summed E-state index contributed by atoms with van der Waals surface area (Å²) < 4.78 is 11.4. The normalized spacial score (nSPS) is 15.4. The predicted octanol–water partition coefficient (Wildman–Crippen LogP) is 8.37. The number of rotatable bonds is 7. The molecule has 0 aliphatic heterocycles. The molecule has 186 valence electrons. The van der Waals surface area contributed by atoms with Crippen molar-refractivity contribution < 1.29 is 19.4 Å². The second-order valence-corrected chi connectivity index (χ2v) is 10.4. The van der Waals surface area contributed by atoms with Crippen molar-refractivity contribution in [3.63, 3.8) is 0 Å². The highest BCUT2D eigenvalue weighted by molar-refractivity contribution is 5.97. The number of nitrogens with one attached hydrogen (secondary N) is 1. The Bertz CT molecular complexity index is 1450. The van der Waals surface area contributed by atoms with Crippen molar-refractivity contribution >= 4 is 33.4 Å². The summed E-state index contributed by atoms with van der Waals surface area (Å²) in [4.78, 5) is 14.8. The number of para-hydroxylation sites is 1. The minimum absolute atomic E-state index is 0.0575. The molecule has 0 atom stereocenters. The number of benzene rings is 3. The van der Waals surface area contributed by atoms with E-state index in [1.165, 1.54) is 17.6 Å². The van der Waals surface area contributed by atoms with E-state index in [2.05, 4.69) is 62.2 Å². The summed E-state index contributed by atoms with van der Waals surface area (Å²) in [5, 5.41) is 12.6. The van der Waals surface area contributed by atoms with E-state index in [0.717, 1.165) is 57.8 Å². The molecule has 1 aliphatic rings. The molecule has 1 aliphatic carbocycles. The topological polar surface area (TPSA) is 71.6 Å². The molecule has 36 heavy (non-hydrogen) atoms. The van der Waals surface area contributed by atoms with E-state index in [-0.39, 0.29) is 5.41 Å². The molecule has 0 spiro atoms. The van der Waals surface area contributed by atoms with Crippen molar-refractivity contribution in [1.82, 2.24) is 4.98 Å². The Kier molecular flexibility index (Phi) is 6.48. The lowest BCUT2D eigenvalue weighted by molar-refractivity contribution is 0.142. The largest absolute Gasteiger partial charge is 0.512 e. The maximum absolute atomic E-state index is 11.5. The van der Waals surface area contributed by atoms with Crippen LogP contribution in [0.15, 0.2) is 66.2 Å². The first-order valence-electron chi connectivity index (χ1n) is 12.7. The van der Waals surface area contributed by atoms with Gasteiger partial charge < -0.3 is 19.6 Å². The highest BCUT2D eigenvalue weighted by Gasteiger charge is 2.31. The number of carbonyl (C=O) groups is 1. The monoisotopic (exact) mass is 483 g/mol. The summed E-state index contributed by atoms with van der Waals surface area (Å²) in [5.41, 5.74) is 5.78. The molecule has 5 nitrogen and oxygen atoms in total. The zero-order valence-corrected chi connectivity index (χ0v) is 21.2. The van der Waals surface area contributed by atoms with E-state index in [1.54, 1.807) is 0 Å². The SMILES string of the molecule is CC1=C(c2cccc3c(CCCOc4cccc5ccccc45)c(OC(=O)O)[nH]c23)C(C)(C)CCC1. The number of aromatic amines is 1. The minimum atomic E-state index is -1.32. The molecular formula is C31H33NO4. The number of aryl methyl sites for hydroxylation is 1. The summed E-state index contributed by atoms with van der Waals surface area (Å²) in [6.07, 6.45) is 3.46. The highest BCUT2D eigenvalue weighted by atomic mass is 16.7. The highest BCUT2D eigenvalue weighted by Crippen LogP contribution is 2.48. The van der Waals surface area contributed by atoms with E-state index >= 15 is 0 Å². The number of ether oxygens (including phenoxy) is 2. The van der Waals surface area contributed by atoms with Crippen LogP contribution in [0.3, 0.4) is 0 Å². The van der Waals surface area contributed by atoms with Crippen LogP contribution in [0.2, 0.25) is 0 Å². The third-order valence-electron chi connectivity index (χ3n) is 7.40. The van der Waals surface area contributed by atoms with E-state index in [4.69, 9.17) is 9.47 Å². The Morgan fingerprint density at radius 1 is 1.03 bits per heavy atom. The van der Waals surface area contributed by atoms with Crippen molar-refractivity contribution in [3.05, 3.63) is 77.4 Å². The fraction of sp³-hybridized carbons (Fsp3) is 0.323. The van der Waals surface area contributed by atoms with Crippen LogP contribution in [0.4, 0.5) is 4.79 Å². The van der Waals surface area contributed by atoms with Gasteiger partial charge in [0.15, 0.2) is 0 Å². The van der Waals surface area contributed by atoms with Gasteiger partial charge >= 0.3 is 6.16 Å². The standard InChI is InChI=1S/C31H33NO4/c1-20-10-8-18-31(2,3)27(20)25-15-7-14-23-24(29(32-28(23)25)36-30(33)34)16-9-19-35-26-17-6-12-21-11-4-5-13-22(21)26/h4-7,11-15,17,32H,8-10,16,18-19H2,1-3H3,(H,33,34). The number of aromatic nitrogens is 1. The number of fused-ring (bicyclic) bond motifs is 2. The van der Waals surface area contributed by atoms with E-state index in [1.807, 2.05) is 24.3 Å². The Morgan fingerprint density at radius 3 is 2.58 bits per heavy atom. The average Bonchev–Trinajstić information content (AvgIpc) is 3.18. The molecule has 0 amide bonds. The average molecular weight is 484 g/mol. The van der Waals surface area contributed by atoms with Gasteiger partial charge in [-0.1, -0.05) is 74.0 Å². The molecule has 3 aromatic carbocycles. The van der Waals surface area contributed by atoms with Gasteiger partial charge in [0.05, 0.1) is 12.1 Å². The lowest BCUT2D eigenvalue weighted by Crippen LogP contribution is -2.19. The van der Waals surface area contributed by atoms with Crippen LogP contribution in [0.5, 0.6) is 11.6 Å². The molecule has 0 saturated heterocycles. The molecule has 0 unspecified atom stereocenters. The molecular weight excluding hydrogens is 450 g/mol. The van der Waals surface area contributed by atoms with Crippen LogP contribution in [0.25, 0.3) is 27.2 Å². The van der Waals surface area contributed by atoms with Crippen molar-refractivity contribution in [1.29, 1.82) is 0 Å². The maximum atomic E-state index is 11.5. The summed E-state index contributed by atoms with van der Waals surface area (Å²) in [6.45, 7) is 7.34. The molecule has 0 fully saturated rings. The quantitative estimate of drug-likeness (QED) is 0.205. The number of carboxylic acid groups (broad SMARTS) is 1. The van der Waals surface area contributed by atoms with Gasteiger partial charge in [0.1, 0.15) is 5.75 Å². The number of hydrogen-bond donors (Lipinski definition) is 2. The fourth-order valence-corrected chi connectivity index (χ4v) is 5.85. The van der Waals surface area contributed by atoms with Gasteiger partial charge in [-0.15, -0.1) is 0 Å². The summed E-state index contributed by atoms with van der Waals surface area (Å²) in [6, 6.07) is 20.5. The van der Waals surface area contributed by atoms with Gasteiger partial charge in [0.25, 0.3) is 0 Å². The van der Waals surface area contributed by atoms with Crippen LogP contribution in [-0.4, -0.2) is 22.9 Å². The molecule has 5 heteroatoms. The Labute approximate surface area is 211 Å². The molecule has 4 aromatic rings. The van der Waals surface area contributed by atoms with Crippen LogP contribution >= 0.6 is 0 Å². The molecule has 1 aromatic heterocycles. The minimum Gasteiger partial charge on any atom is -0.493 e. The first kappa shape index (κ1) is 24.0. The van der Waals surface area contributed by atoms with Gasteiger partial charge in [0.2, 0.25) is 5.88 Å². The number of hydrogen-bond acceptors (Lipinski definition) is 3. The summed E-state index contributed by atoms with van der Waals surface area (Å²) in [5.74, 6) is 1.17. The molecule has 5 rings (SSSR count). The van der Waals surface area contributed by atoms with E-state index in [0.29, 0.717) is 18.9 Å². The van der Waals surface area contributed by atoms with E-state index in [9.17, 15) is 9.90 Å². The smallest absolute Gasteiger partial charge is 0.493 e. The van der Waals surface area contributed by atoms with Gasteiger partial charge in [-0.05, 0) is 61.5 Å². The Balaban J connectivity index is 1.44. The third kappa shape index (κ3) is 4.58. The molecule has 0 saturated carbocycles. The Morgan fingerprint density at radius 2 is 1.78 bits per heavy atom. The summed E-state index contributed by atoms with van der Waals surface area (Å²) in [7, 11) is 0. The van der Waals surface area contributed by atoms with Crippen LogP contribution in [0.1, 0.15) is 57.6 Å².